The fourth-order valence-corrected chi connectivity index (χ4v) is 3.00. The molecule has 0 saturated carbocycles. The van der Waals surface area contributed by atoms with E-state index in [1.54, 1.807) is 18.2 Å². The minimum atomic E-state index is -0.875. The highest BCUT2D eigenvalue weighted by Crippen LogP contribution is 2.23. The molecule has 3 aromatic carbocycles. The van der Waals surface area contributed by atoms with Crippen molar-refractivity contribution < 1.29 is 23.5 Å². The lowest BCUT2D eigenvalue weighted by Crippen LogP contribution is -2.20. The number of amides is 1. The van der Waals surface area contributed by atoms with E-state index in [0.29, 0.717) is 11.1 Å². The maximum Gasteiger partial charge on any atom is 0.349 e. The molecule has 4 aromatic rings. The smallest absolute Gasteiger partial charge is 0.349 e. The van der Waals surface area contributed by atoms with Crippen LogP contribution in [-0.2, 0) is 4.79 Å². The number of benzene rings is 3. The van der Waals surface area contributed by atoms with Crippen molar-refractivity contribution in [1.29, 1.82) is 0 Å². The van der Waals surface area contributed by atoms with E-state index in [4.69, 9.17) is 19.6 Å². The van der Waals surface area contributed by atoms with Crippen LogP contribution in [0.1, 0.15) is 10.4 Å². The Labute approximate surface area is 176 Å². The van der Waals surface area contributed by atoms with Gasteiger partial charge in [0.05, 0.1) is 0 Å². The minimum absolute atomic E-state index is 0.165. The van der Waals surface area contributed by atoms with Crippen LogP contribution in [0.4, 0.5) is 0 Å². The number of carbonyl (C=O) groups is 2. The van der Waals surface area contributed by atoms with Gasteiger partial charge in [0.1, 0.15) is 22.6 Å². The molecule has 0 aliphatic heterocycles. The number of esters is 1. The zero-order valence-corrected chi connectivity index (χ0v) is 16.2. The van der Waals surface area contributed by atoms with Gasteiger partial charge in [-0.25, -0.2) is 9.59 Å². The molecule has 0 bridgehead atoms. The van der Waals surface area contributed by atoms with Crippen LogP contribution in [-0.4, -0.2) is 18.5 Å². The fourth-order valence-electron chi connectivity index (χ4n) is 3.00. The van der Waals surface area contributed by atoms with Gasteiger partial charge in [-0.3, -0.25) is 4.79 Å². The molecule has 0 atom stereocenters. The summed E-state index contributed by atoms with van der Waals surface area (Å²) >= 11 is 0. The quantitative estimate of drug-likeness (QED) is 0.293. The van der Waals surface area contributed by atoms with E-state index in [1.165, 1.54) is 18.2 Å². The summed E-state index contributed by atoms with van der Waals surface area (Å²) in [6.45, 7) is -0.298. The van der Waals surface area contributed by atoms with Gasteiger partial charge in [-0.05, 0) is 41.5 Å². The number of carbonyl (C=O) groups excluding carboxylic acids is 2. The van der Waals surface area contributed by atoms with Crippen molar-refractivity contribution in [3.8, 4) is 22.6 Å². The van der Waals surface area contributed by atoms with E-state index in [1.807, 2.05) is 42.5 Å². The average molecular weight is 415 g/mol. The molecule has 0 aliphatic rings. The second-order valence-electron chi connectivity index (χ2n) is 6.66. The molecule has 0 unspecified atom stereocenters. The van der Waals surface area contributed by atoms with Crippen LogP contribution in [0.15, 0.2) is 88.1 Å². The van der Waals surface area contributed by atoms with Crippen LogP contribution in [0.5, 0.6) is 11.5 Å². The fraction of sp³-hybridized carbons (Fsp3) is 0.0417. The number of fused-ring (bicyclic) bond motifs is 1. The van der Waals surface area contributed by atoms with E-state index < -0.39 is 17.5 Å². The summed E-state index contributed by atoms with van der Waals surface area (Å²) in [4.78, 5) is 35.1. The molecule has 31 heavy (non-hydrogen) atoms. The van der Waals surface area contributed by atoms with Crippen LogP contribution < -0.4 is 20.8 Å². The molecule has 154 valence electrons. The number of nitrogens with two attached hydrogens (primary N) is 1. The van der Waals surface area contributed by atoms with Gasteiger partial charge in [-0.1, -0.05) is 42.5 Å². The molecule has 1 aromatic heterocycles. The third-order valence-corrected chi connectivity index (χ3v) is 4.52. The van der Waals surface area contributed by atoms with Crippen LogP contribution in [0, 0.1) is 0 Å². The zero-order valence-electron chi connectivity index (χ0n) is 16.2. The zero-order chi connectivity index (χ0) is 21.8. The van der Waals surface area contributed by atoms with Crippen molar-refractivity contribution in [3.63, 3.8) is 0 Å². The Kier molecular flexibility index (Phi) is 5.49. The normalized spacial score (nSPS) is 10.6. The van der Waals surface area contributed by atoms with Gasteiger partial charge in [0.2, 0.25) is 0 Å². The highest BCUT2D eigenvalue weighted by atomic mass is 16.6. The third-order valence-electron chi connectivity index (χ3n) is 4.52. The molecule has 0 saturated heterocycles. The lowest BCUT2D eigenvalue weighted by molar-refractivity contribution is -0.136. The molecule has 4 rings (SSSR count). The number of ether oxygens (including phenoxy) is 2. The number of hydrogen-bond acceptors (Lipinski definition) is 6. The van der Waals surface area contributed by atoms with Gasteiger partial charge in [0.15, 0.2) is 6.61 Å². The maximum absolute atomic E-state index is 12.1. The van der Waals surface area contributed by atoms with Gasteiger partial charge in [0, 0.05) is 11.5 Å². The molecule has 2 N–H and O–H groups in total. The standard InChI is InChI=1S/C24H17NO6/c25-23(27)20-12-17-8-11-19(13-21(17)31-24(20)28)30-22(26)14-29-18-9-6-16(7-10-18)15-4-2-1-3-5-15/h1-13H,14H2,(H2,25,27). The third kappa shape index (κ3) is 4.62. The van der Waals surface area contributed by atoms with E-state index in [2.05, 4.69) is 0 Å². The van der Waals surface area contributed by atoms with Crippen molar-refractivity contribution >= 4 is 22.8 Å². The average Bonchev–Trinajstić information content (AvgIpc) is 2.78. The molecule has 7 heteroatoms. The first-order valence-electron chi connectivity index (χ1n) is 9.36. The molecule has 1 amide bonds. The van der Waals surface area contributed by atoms with Gasteiger partial charge < -0.3 is 19.6 Å². The van der Waals surface area contributed by atoms with Crippen molar-refractivity contribution in [2.24, 2.45) is 5.73 Å². The molecule has 0 radical (unpaired) electrons. The predicted octanol–water partition coefficient (Wildman–Crippen LogP) is 3.54. The van der Waals surface area contributed by atoms with E-state index in [-0.39, 0.29) is 23.5 Å². The van der Waals surface area contributed by atoms with Gasteiger partial charge in [-0.2, -0.15) is 0 Å². The summed E-state index contributed by atoms with van der Waals surface area (Å²) in [5, 5.41) is 0.475. The Hall–Kier alpha value is -4.39. The van der Waals surface area contributed by atoms with Crippen LogP contribution in [0.3, 0.4) is 0 Å². The van der Waals surface area contributed by atoms with E-state index in [0.717, 1.165) is 11.1 Å². The summed E-state index contributed by atoms with van der Waals surface area (Å²) in [6.07, 6.45) is 0. The Morgan fingerprint density at radius 1 is 0.839 bits per heavy atom. The largest absolute Gasteiger partial charge is 0.482 e. The van der Waals surface area contributed by atoms with Crippen molar-refractivity contribution in [2.45, 2.75) is 0 Å². The SMILES string of the molecule is NC(=O)c1cc2ccc(OC(=O)COc3ccc(-c4ccccc4)cc3)cc2oc1=O. The molecule has 7 nitrogen and oxygen atoms in total. The van der Waals surface area contributed by atoms with Gasteiger partial charge >= 0.3 is 11.6 Å². The Morgan fingerprint density at radius 2 is 1.52 bits per heavy atom. The van der Waals surface area contributed by atoms with Crippen LogP contribution >= 0.6 is 0 Å². The Balaban J connectivity index is 1.39. The first-order valence-corrected chi connectivity index (χ1v) is 9.36. The predicted molar refractivity (Wildman–Crippen MR) is 114 cm³/mol. The highest BCUT2D eigenvalue weighted by molar-refractivity contribution is 5.95. The molecule has 0 fully saturated rings. The topological polar surface area (TPSA) is 109 Å². The van der Waals surface area contributed by atoms with Crippen molar-refractivity contribution in [1.82, 2.24) is 0 Å². The number of primary amides is 1. The van der Waals surface area contributed by atoms with Crippen molar-refractivity contribution in [2.75, 3.05) is 6.61 Å². The lowest BCUT2D eigenvalue weighted by atomic mass is 10.1. The highest BCUT2D eigenvalue weighted by Gasteiger charge is 2.12. The number of rotatable bonds is 6. The lowest BCUT2D eigenvalue weighted by Gasteiger charge is -2.08. The summed E-state index contributed by atoms with van der Waals surface area (Å²) in [6, 6.07) is 23.0. The first-order chi connectivity index (χ1) is 15.0. The minimum Gasteiger partial charge on any atom is -0.482 e. The van der Waals surface area contributed by atoms with Gasteiger partial charge in [-0.15, -0.1) is 0 Å². The summed E-state index contributed by atoms with van der Waals surface area (Å²) in [5.41, 5.74) is 6.32. The molecule has 0 aliphatic carbocycles. The summed E-state index contributed by atoms with van der Waals surface area (Å²) < 4.78 is 15.8. The Bertz CT molecular complexity index is 1310. The molecular formula is C24H17NO6. The van der Waals surface area contributed by atoms with Crippen molar-refractivity contribution in [3.05, 3.63) is 94.8 Å². The van der Waals surface area contributed by atoms with E-state index in [9.17, 15) is 14.4 Å². The second-order valence-corrected chi connectivity index (χ2v) is 6.66. The van der Waals surface area contributed by atoms with Crippen LogP contribution in [0.2, 0.25) is 0 Å². The Morgan fingerprint density at radius 3 is 2.23 bits per heavy atom. The second kappa shape index (κ2) is 8.54. The number of hydrogen-bond donors (Lipinski definition) is 1. The first kappa shape index (κ1) is 19.9. The van der Waals surface area contributed by atoms with E-state index >= 15 is 0 Å². The monoisotopic (exact) mass is 415 g/mol. The van der Waals surface area contributed by atoms with Crippen LogP contribution in [0.25, 0.3) is 22.1 Å². The molecule has 0 spiro atoms. The summed E-state index contributed by atoms with van der Waals surface area (Å²) in [5.74, 6) is -0.793. The van der Waals surface area contributed by atoms with Gasteiger partial charge in [0.25, 0.3) is 5.91 Å². The summed E-state index contributed by atoms with van der Waals surface area (Å²) in [7, 11) is 0. The molecule has 1 heterocycles. The maximum atomic E-state index is 12.1. The molecular weight excluding hydrogens is 398 g/mol.